The van der Waals surface area contributed by atoms with Crippen LogP contribution in [0.25, 0.3) is 0 Å². The lowest BCUT2D eigenvalue weighted by Gasteiger charge is -2.19. The topological polar surface area (TPSA) is 63.2 Å². The molecule has 0 spiro atoms. The third-order valence-electron chi connectivity index (χ3n) is 4.40. The summed E-state index contributed by atoms with van der Waals surface area (Å²) in [6.07, 6.45) is 1.69. The summed E-state index contributed by atoms with van der Waals surface area (Å²) in [6.45, 7) is 6.58. The van der Waals surface area contributed by atoms with Crippen LogP contribution in [0.2, 0.25) is 0 Å². The van der Waals surface area contributed by atoms with Crippen LogP contribution in [0.15, 0.2) is 66.9 Å². The van der Waals surface area contributed by atoms with Crippen LogP contribution in [0, 0.1) is 0 Å². The molecule has 1 amide bonds. The number of hydrogen-bond acceptors (Lipinski definition) is 4. The highest BCUT2D eigenvalue weighted by Crippen LogP contribution is 2.25. The first-order valence-corrected chi connectivity index (χ1v) is 9.15. The van der Waals surface area contributed by atoms with Crippen molar-refractivity contribution in [3.8, 4) is 5.75 Å². The van der Waals surface area contributed by atoms with Gasteiger partial charge < -0.3 is 15.4 Å². The molecule has 0 atom stereocenters. The third-order valence-corrected chi connectivity index (χ3v) is 4.40. The second-order valence-corrected chi connectivity index (χ2v) is 7.54. The molecule has 1 aromatic heterocycles. The summed E-state index contributed by atoms with van der Waals surface area (Å²) < 4.78 is 5.23. The van der Waals surface area contributed by atoms with E-state index in [2.05, 4.69) is 60.7 Å². The van der Waals surface area contributed by atoms with Gasteiger partial charge in [0.1, 0.15) is 11.6 Å². The number of carbonyl (C=O) groups excluding carboxylic acids is 1. The van der Waals surface area contributed by atoms with Crippen LogP contribution in [0.5, 0.6) is 5.75 Å². The van der Waals surface area contributed by atoms with Gasteiger partial charge in [-0.2, -0.15) is 0 Å². The van der Waals surface area contributed by atoms with Crippen molar-refractivity contribution in [1.29, 1.82) is 0 Å². The Morgan fingerprint density at radius 1 is 0.929 bits per heavy atom. The molecule has 5 heteroatoms. The molecule has 2 aromatic carbocycles. The van der Waals surface area contributed by atoms with Gasteiger partial charge in [-0.15, -0.1) is 0 Å². The lowest BCUT2D eigenvalue weighted by Crippen LogP contribution is -2.14. The SMILES string of the molecule is COc1ccccc1C(=O)Nc1ccc(Nc2ccc(C(C)(C)C)cc2)cn1. The van der Waals surface area contributed by atoms with E-state index in [9.17, 15) is 4.79 Å². The molecular weight excluding hydrogens is 350 g/mol. The van der Waals surface area contributed by atoms with E-state index in [-0.39, 0.29) is 11.3 Å². The van der Waals surface area contributed by atoms with Crippen LogP contribution >= 0.6 is 0 Å². The maximum atomic E-state index is 12.4. The molecule has 5 nitrogen and oxygen atoms in total. The number of aromatic nitrogens is 1. The fourth-order valence-corrected chi connectivity index (χ4v) is 2.78. The fraction of sp³-hybridized carbons (Fsp3) is 0.217. The standard InChI is InChI=1S/C23H25N3O2/c1-23(2,3)16-9-11-17(12-10-16)25-18-13-14-21(24-15-18)26-22(27)19-7-5-6-8-20(19)28-4/h5-15,25H,1-4H3,(H,24,26,27). The number of anilines is 3. The van der Waals surface area contributed by atoms with Crippen LogP contribution in [-0.2, 0) is 5.41 Å². The van der Waals surface area contributed by atoms with E-state index in [1.54, 1.807) is 37.6 Å². The van der Waals surface area contributed by atoms with E-state index in [0.29, 0.717) is 17.1 Å². The summed E-state index contributed by atoms with van der Waals surface area (Å²) >= 11 is 0. The maximum absolute atomic E-state index is 12.4. The minimum Gasteiger partial charge on any atom is -0.496 e. The van der Waals surface area contributed by atoms with Crippen molar-refractivity contribution in [3.05, 3.63) is 78.0 Å². The number of pyridine rings is 1. The molecule has 0 aliphatic heterocycles. The Bertz CT molecular complexity index is 943. The van der Waals surface area contributed by atoms with E-state index < -0.39 is 0 Å². The summed E-state index contributed by atoms with van der Waals surface area (Å²) in [6, 6.07) is 19.1. The normalized spacial score (nSPS) is 11.0. The Labute approximate surface area is 165 Å². The maximum Gasteiger partial charge on any atom is 0.260 e. The van der Waals surface area contributed by atoms with Gasteiger partial charge in [-0.3, -0.25) is 4.79 Å². The highest BCUT2D eigenvalue weighted by atomic mass is 16.5. The zero-order chi connectivity index (χ0) is 20.1. The van der Waals surface area contributed by atoms with Gasteiger partial charge in [0.05, 0.1) is 24.6 Å². The van der Waals surface area contributed by atoms with Gasteiger partial charge in [0.2, 0.25) is 0 Å². The smallest absolute Gasteiger partial charge is 0.260 e. The number of nitrogens with zero attached hydrogens (tertiary/aromatic N) is 1. The zero-order valence-corrected chi connectivity index (χ0v) is 16.6. The zero-order valence-electron chi connectivity index (χ0n) is 16.6. The van der Waals surface area contributed by atoms with Crippen molar-refractivity contribution in [1.82, 2.24) is 4.98 Å². The lowest BCUT2D eigenvalue weighted by molar-refractivity contribution is 0.102. The monoisotopic (exact) mass is 375 g/mol. The average Bonchev–Trinajstić information content (AvgIpc) is 2.69. The Kier molecular flexibility index (Phi) is 5.64. The van der Waals surface area contributed by atoms with Gasteiger partial charge in [0.15, 0.2) is 0 Å². The van der Waals surface area contributed by atoms with E-state index in [0.717, 1.165) is 11.4 Å². The summed E-state index contributed by atoms with van der Waals surface area (Å²) in [7, 11) is 1.54. The number of rotatable bonds is 5. The molecule has 1 heterocycles. The summed E-state index contributed by atoms with van der Waals surface area (Å²) in [4.78, 5) is 16.8. The first-order chi connectivity index (χ1) is 13.4. The minimum atomic E-state index is -0.261. The molecule has 0 radical (unpaired) electrons. The molecule has 3 rings (SSSR count). The summed E-state index contributed by atoms with van der Waals surface area (Å²) in [5.41, 5.74) is 3.71. The van der Waals surface area contributed by atoms with Gasteiger partial charge in [-0.05, 0) is 47.4 Å². The molecule has 0 saturated heterocycles. The number of amides is 1. The van der Waals surface area contributed by atoms with Gasteiger partial charge in [0, 0.05) is 5.69 Å². The van der Waals surface area contributed by atoms with E-state index >= 15 is 0 Å². The van der Waals surface area contributed by atoms with Crippen molar-refractivity contribution >= 4 is 23.1 Å². The molecule has 3 aromatic rings. The van der Waals surface area contributed by atoms with E-state index in [4.69, 9.17) is 4.74 Å². The van der Waals surface area contributed by atoms with Gasteiger partial charge >= 0.3 is 0 Å². The Balaban J connectivity index is 1.66. The van der Waals surface area contributed by atoms with E-state index in [1.807, 2.05) is 12.1 Å². The molecule has 0 bridgehead atoms. The van der Waals surface area contributed by atoms with E-state index in [1.165, 1.54) is 5.56 Å². The van der Waals surface area contributed by atoms with Crippen molar-refractivity contribution in [2.75, 3.05) is 17.7 Å². The van der Waals surface area contributed by atoms with Crippen LogP contribution in [0.1, 0.15) is 36.7 Å². The molecule has 2 N–H and O–H groups in total. The lowest BCUT2D eigenvalue weighted by atomic mass is 9.87. The second-order valence-electron chi connectivity index (χ2n) is 7.54. The van der Waals surface area contributed by atoms with Crippen LogP contribution in [-0.4, -0.2) is 18.0 Å². The molecule has 0 unspecified atom stereocenters. The van der Waals surface area contributed by atoms with Crippen molar-refractivity contribution in [2.45, 2.75) is 26.2 Å². The first-order valence-electron chi connectivity index (χ1n) is 9.15. The number of carbonyl (C=O) groups is 1. The predicted octanol–water partition coefficient (Wildman–Crippen LogP) is 5.38. The quantitative estimate of drug-likeness (QED) is 0.628. The number of para-hydroxylation sites is 1. The first kappa shape index (κ1) is 19.4. The number of ether oxygens (including phenoxy) is 1. The highest BCUT2D eigenvalue weighted by molar-refractivity contribution is 6.05. The molecule has 0 aliphatic carbocycles. The molecule has 0 saturated carbocycles. The summed E-state index contributed by atoms with van der Waals surface area (Å²) in [5.74, 6) is 0.741. The van der Waals surface area contributed by atoms with Crippen LogP contribution in [0.4, 0.5) is 17.2 Å². The average molecular weight is 375 g/mol. The van der Waals surface area contributed by atoms with Crippen molar-refractivity contribution < 1.29 is 9.53 Å². The Morgan fingerprint density at radius 3 is 2.21 bits per heavy atom. The Morgan fingerprint density at radius 2 is 1.61 bits per heavy atom. The van der Waals surface area contributed by atoms with Crippen LogP contribution < -0.4 is 15.4 Å². The number of methoxy groups -OCH3 is 1. The fourth-order valence-electron chi connectivity index (χ4n) is 2.78. The van der Waals surface area contributed by atoms with Gasteiger partial charge in [-0.1, -0.05) is 45.0 Å². The highest BCUT2D eigenvalue weighted by Gasteiger charge is 2.13. The molecular formula is C23H25N3O2. The van der Waals surface area contributed by atoms with Crippen molar-refractivity contribution in [3.63, 3.8) is 0 Å². The predicted molar refractivity (Wildman–Crippen MR) is 114 cm³/mol. The molecule has 144 valence electrons. The third kappa shape index (κ3) is 4.68. The minimum absolute atomic E-state index is 0.126. The van der Waals surface area contributed by atoms with Gasteiger partial charge in [0.25, 0.3) is 5.91 Å². The largest absolute Gasteiger partial charge is 0.496 e. The number of nitrogens with one attached hydrogen (secondary N) is 2. The molecule has 0 fully saturated rings. The number of benzene rings is 2. The van der Waals surface area contributed by atoms with Crippen molar-refractivity contribution in [2.24, 2.45) is 0 Å². The summed E-state index contributed by atoms with van der Waals surface area (Å²) in [5, 5.41) is 6.11. The number of hydrogen-bond donors (Lipinski definition) is 2. The second kappa shape index (κ2) is 8.13. The molecule has 0 aliphatic rings. The van der Waals surface area contributed by atoms with Gasteiger partial charge in [-0.25, -0.2) is 4.98 Å². The molecule has 28 heavy (non-hydrogen) atoms. The Hall–Kier alpha value is -3.34. The van der Waals surface area contributed by atoms with Crippen LogP contribution in [0.3, 0.4) is 0 Å².